The number of aromatic nitrogens is 1. The quantitative estimate of drug-likeness (QED) is 0.846. The van der Waals surface area contributed by atoms with Crippen molar-refractivity contribution >= 4 is 0 Å². The van der Waals surface area contributed by atoms with Crippen LogP contribution in [-0.4, -0.2) is 4.98 Å². The first-order valence-corrected chi connectivity index (χ1v) is 5.60. The number of halogens is 1. The van der Waals surface area contributed by atoms with Crippen LogP contribution in [0.3, 0.4) is 0 Å². The van der Waals surface area contributed by atoms with E-state index in [1.807, 2.05) is 19.9 Å². The van der Waals surface area contributed by atoms with Crippen molar-refractivity contribution in [3.8, 4) is 11.1 Å². The summed E-state index contributed by atoms with van der Waals surface area (Å²) in [6.45, 7) is 3.96. The molecule has 88 valence electrons. The molecule has 0 amide bonds. The van der Waals surface area contributed by atoms with E-state index >= 15 is 0 Å². The lowest BCUT2D eigenvalue weighted by Gasteiger charge is -2.06. The third-order valence-electron chi connectivity index (χ3n) is 2.85. The summed E-state index contributed by atoms with van der Waals surface area (Å²) in [6, 6.07) is 7.80. The first-order valence-electron chi connectivity index (χ1n) is 5.60. The summed E-state index contributed by atoms with van der Waals surface area (Å²) in [4.78, 5) is 14.7. The minimum atomic E-state index is -0.299. The number of hydrogen-bond acceptors (Lipinski definition) is 1. The molecule has 1 heterocycles. The van der Waals surface area contributed by atoms with Gasteiger partial charge in [-0.05, 0) is 42.7 Å². The molecule has 2 rings (SSSR count). The van der Waals surface area contributed by atoms with Crippen molar-refractivity contribution in [2.24, 2.45) is 0 Å². The van der Waals surface area contributed by atoms with E-state index < -0.39 is 0 Å². The zero-order valence-electron chi connectivity index (χ0n) is 9.88. The molecule has 0 saturated heterocycles. The first-order chi connectivity index (χ1) is 8.11. The highest BCUT2D eigenvalue weighted by Crippen LogP contribution is 2.17. The van der Waals surface area contributed by atoms with Gasteiger partial charge in [0.15, 0.2) is 0 Å². The summed E-state index contributed by atoms with van der Waals surface area (Å²) in [7, 11) is 0. The minimum absolute atomic E-state index is 0.126. The molecule has 1 aromatic heterocycles. The second kappa shape index (κ2) is 4.53. The molecule has 1 N–H and O–H groups in total. The van der Waals surface area contributed by atoms with E-state index in [1.54, 1.807) is 12.1 Å². The molecule has 0 aliphatic rings. The van der Waals surface area contributed by atoms with Gasteiger partial charge in [-0.1, -0.05) is 19.1 Å². The number of pyridine rings is 1. The topological polar surface area (TPSA) is 32.9 Å². The van der Waals surface area contributed by atoms with Gasteiger partial charge >= 0.3 is 0 Å². The highest BCUT2D eigenvalue weighted by Gasteiger charge is 2.06. The van der Waals surface area contributed by atoms with Gasteiger partial charge in [0.2, 0.25) is 0 Å². The molecule has 2 aromatic rings. The van der Waals surface area contributed by atoms with Crippen LogP contribution in [0.25, 0.3) is 11.1 Å². The molecule has 0 fully saturated rings. The zero-order valence-corrected chi connectivity index (χ0v) is 9.88. The molecular formula is C14H14FNO. The van der Waals surface area contributed by atoms with Gasteiger partial charge < -0.3 is 4.98 Å². The highest BCUT2D eigenvalue weighted by molar-refractivity contribution is 5.63. The highest BCUT2D eigenvalue weighted by atomic mass is 19.1. The van der Waals surface area contributed by atoms with Crippen LogP contribution in [0.15, 0.2) is 35.1 Å². The summed E-state index contributed by atoms with van der Waals surface area (Å²) < 4.78 is 12.8. The Balaban J connectivity index is 2.56. The van der Waals surface area contributed by atoms with E-state index in [0.29, 0.717) is 5.56 Å². The maximum Gasteiger partial charge on any atom is 0.256 e. The van der Waals surface area contributed by atoms with Crippen LogP contribution in [0, 0.1) is 12.7 Å². The van der Waals surface area contributed by atoms with E-state index in [2.05, 4.69) is 4.98 Å². The molecule has 0 spiro atoms. The number of aromatic amines is 1. The smallest absolute Gasteiger partial charge is 0.256 e. The van der Waals surface area contributed by atoms with Crippen LogP contribution < -0.4 is 5.56 Å². The first kappa shape index (κ1) is 11.6. The monoisotopic (exact) mass is 231 g/mol. The van der Waals surface area contributed by atoms with Crippen molar-refractivity contribution in [2.75, 3.05) is 0 Å². The van der Waals surface area contributed by atoms with E-state index in [9.17, 15) is 9.18 Å². The van der Waals surface area contributed by atoms with Crippen molar-refractivity contribution in [1.82, 2.24) is 4.98 Å². The Bertz CT molecular complexity index is 584. The van der Waals surface area contributed by atoms with Crippen LogP contribution in [0.5, 0.6) is 0 Å². The van der Waals surface area contributed by atoms with Gasteiger partial charge in [0.1, 0.15) is 5.82 Å². The van der Waals surface area contributed by atoms with Gasteiger partial charge in [-0.15, -0.1) is 0 Å². The Morgan fingerprint density at radius 3 is 2.47 bits per heavy atom. The number of hydrogen-bond donors (Lipinski definition) is 1. The van der Waals surface area contributed by atoms with Crippen molar-refractivity contribution in [1.29, 1.82) is 0 Å². The van der Waals surface area contributed by atoms with Gasteiger partial charge in [0, 0.05) is 11.3 Å². The Kier molecular flexibility index (Phi) is 3.09. The van der Waals surface area contributed by atoms with Crippen LogP contribution >= 0.6 is 0 Å². The van der Waals surface area contributed by atoms with Crippen molar-refractivity contribution in [2.45, 2.75) is 20.3 Å². The molecule has 0 aliphatic heterocycles. The lowest BCUT2D eigenvalue weighted by atomic mass is 10.0. The van der Waals surface area contributed by atoms with Crippen molar-refractivity contribution in [3.05, 3.63) is 57.8 Å². The van der Waals surface area contributed by atoms with Crippen LogP contribution in [0.4, 0.5) is 4.39 Å². The van der Waals surface area contributed by atoms with Gasteiger partial charge in [-0.2, -0.15) is 0 Å². The normalized spacial score (nSPS) is 10.5. The molecule has 0 aliphatic carbocycles. The second-order valence-corrected chi connectivity index (χ2v) is 4.03. The molecular weight excluding hydrogens is 217 g/mol. The predicted octanol–water partition coefficient (Wildman–Crippen LogP) is 3.05. The molecule has 0 bridgehead atoms. The number of aryl methyl sites for hydroxylation is 2. The van der Waals surface area contributed by atoms with Crippen LogP contribution in [0.1, 0.15) is 18.2 Å². The molecule has 0 unspecified atom stereocenters. The maximum absolute atomic E-state index is 12.8. The average molecular weight is 231 g/mol. The second-order valence-electron chi connectivity index (χ2n) is 4.03. The van der Waals surface area contributed by atoms with E-state index in [1.165, 1.54) is 12.1 Å². The minimum Gasteiger partial charge on any atom is -0.325 e. The fourth-order valence-electron chi connectivity index (χ4n) is 1.88. The Morgan fingerprint density at radius 1 is 1.24 bits per heavy atom. The fraction of sp³-hybridized carbons (Fsp3) is 0.214. The van der Waals surface area contributed by atoms with E-state index in [0.717, 1.165) is 23.2 Å². The third-order valence-corrected chi connectivity index (χ3v) is 2.85. The van der Waals surface area contributed by atoms with Crippen molar-refractivity contribution in [3.63, 3.8) is 0 Å². The molecule has 0 atom stereocenters. The summed E-state index contributed by atoms with van der Waals surface area (Å²) in [5.74, 6) is -0.299. The molecule has 2 nitrogen and oxygen atoms in total. The maximum atomic E-state index is 12.8. The van der Waals surface area contributed by atoms with Gasteiger partial charge in [-0.3, -0.25) is 4.79 Å². The molecule has 0 radical (unpaired) electrons. The number of nitrogens with one attached hydrogen (secondary N) is 1. The largest absolute Gasteiger partial charge is 0.325 e. The van der Waals surface area contributed by atoms with E-state index in [4.69, 9.17) is 0 Å². The molecule has 3 heteroatoms. The van der Waals surface area contributed by atoms with Gasteiger partial charge in [0.25, 0.3) is 5.56 Å². The molecule has 1 aromatic carbocycles. The Hall–Kier alpha value is -1.90. The van der Waals surface area contributed by atoms with Gasteiger partial charge in [0.05, 0.1) is 0 Å². The Labute approximate surface area is 99.1 Å². The lowest BCUT2D eigenvalue weighted by molar-refractivity contribution is 0.628. The number of H-pyrrole nitrogens is 1. The van der Waals surface area contributed by atoms with Crippen LogP contribution in [-0.2, 0) is 6.42 Å². The zero-order chi connectivity index (χ0) is 12.4. The lowest BCUT2D eigenvalue weighted by Crippen LogP contribution is -2.12. The fourth-order valence-corrected chi connectivity index (χ4v) is 1.88. The van der Waals surface area contributed by atoms with Crippen molar-refractivity contribution < 1.29 is 4.39 Å². The molecule has 0 saturated carbocycles. The van der Waals surface area contributed by atoms with E-state index in [-0.39, 0.29) is 11.4 Å². The summed E-state index contributed by atoms with van der Waals surface area (Å²) in [6.07, 6.45) is 0.796. The Morgan fingerprint density at radius 2 is 1.88 bits per heavy atom. The summed E-state index contributed by atoms with van der Waals surface area (Å²) in [5, 5.41) is 0. The molecule has 17 heavy (non-hydrogen) atoms. The predicted molar refractivity (Wildman–Crippen MR) is 66.6 cm³/mol. The van der Waals surface area contributed by atoms with Gasteiger partial charge in [-0.25, -0.2) is 4.39 Å². The summed E-state index contributed by atoms with van der Waals surface area (Å²) in [5.41, 5.74) is 3.18. The SMILES string of the molecule is CCc1[nH]c(=O)c(-c2ccc(F)cc2)cc1C. The average Bonchev–Trinajstić information content (AvgIpc) is 2.33. The van der Waals surface area contributed by atoms with Crippen LogP contribution in [0.2, 0.25) is 0 Å². The standard InChI is InChI=1S/C14H14FNO/c1-3-13-9(2)8-12(14(17)16-13)10-4-6-11(15)7-5-10/h4-8H,3H2,1-2H3,(H,16,17). The number of rotatable bonds is 2. The third kappa shape index (κ3) is 2.28. The number of benzene rings is 1. The summed E-state index contributed by atoms with van der Waals surface area (Å²) >= 11 is 0.